The predicted octanol–water partition coefficient (Wildman–Crippen LogP) is 3.62. The molecule has 2 heterocycles. The van der Waals surface area contributed by atoms with Crippen molar-refractivity contribution in [2.24, 2.45) is 0 Å². The molecule has 1 N–H and O–H groups in total. The molecule has 1 amide bonds. The van der Waals surface area contributed by atoms with E-state index in [1.54, 1.807) is 6.92 Å². The summed E-state index contributed by atoms with van der Waals surface area (Å²) >= 11 is 1.31. The summed E-state index contributed by atoms with van der Waals surface area (Å²) in [6, 6.07) is 4.68. The summed E-state index contributed by atoms with van der Waals surface area (Å²) in [4.78, 5) is 16.9. The van der Waals surface area contributed by atoms with E-state index >= 15 is 0 Å². The molecule has 124 valence electrons. The number of aryl methyl sites for hydroxylation is 2. The SMILES string of the molecule is Cc1nc(C)c(C(=O)NCc2cc(-c3ccc(F)cc3F)on2)s1. The van der Waals surface area contributed by atoms with Crippen LogP contribution in [0.1, 0.15) is 26.1 Å². The van der Waals surface area contributed by atoms with E-state index in [9.17, 15) is 13.6 Å². The van der Waals surface area contributed by atoms with Crippen molar-refractivity contribution in [3.63, 3.8) is 0 Å². The second kappa shape index (κ2) is 6.48. The molecule has 0 aliphatic rings. The van der Waals surface area contributed by atoms with Crippen LogP contribution in [0.2, 0.25) is 0 Å². The van der Waals surface area contributed by atoms with Gasteiger partial charge in [0.15, 0.2) is 5.76 Å². The first-order valence-electron chi connectivity index (χ1n) is 7.07. The third-order valence-corrected chi connectivity index (χ3v) is 4.37. The van der Waals surface area contributed by atoms with E-state index in [-0.39, 0.29) is 23.8 Å². The third kappa shape index (κ3) is 3.33. The third-order valence-electron chi connectivity index (χ3n) is 3.30. The first-order valence-corrected chi connectivity index (χ1v) is 7.89. The standard InChI is InChI=1S/C16H13F2N3O2S/c1-8-15(24-9(2)20-8)16(22)19-7-11-6-14(23-21-11)12-4-3-10(17)5-13(12)18/h3-6H,7H2,1-2H3,(H,19,22). The van der Waals surface area contributed by atoms with Crippen molar-refractivity contribution >= 4 is 17.2 Å². The van der Waals surface area contributed by atoms with Crippen molar-refractivity contribution < 1.29 is 18.1 Å². The Morgan fingerprint density at radius 3 is 2.75 bits per heavy atom. The van der Waals surface area contributed by atoms with Crippen molar-refractivity contribution in [2.75, 3.05) is 0 Å². The summed E-state index contributed by atoms with van der Waals surface area (Å²) in [5.41, 5.74) is 1.21. The molecule has 8 heteroatoms. The fourth-order valence-corrected chi connectivity index (χ4v) is 3.04. The summed E-state index contributed by atoms with van der Waals surface area (Å²) in [7, 11) is 0. The van der Waals surface area contributed by atoms with Gasteiger partial charge in [-0.2, -0.15) is 0 Å². The number of rotatable bonds is 4. The maximum atomic E-state index is 13.7. The number of aromatic nitrogens is 2. The van der Waals surface area contributed by atoms with Crippen LogP contribution in [0, 0.1) is 25.5 Å². The van der Waals surface area contributed by atoms with Crippen LogP contribution in [-0.2, 0) is 6.54 Å². The Morgan fingerprint density at radius 1 is 1.29 bits per heavy atom. The number of carbonyl (C=O) groups is 1. The van der Waals surface area contributed by atoms with Gasteiger partial charge in [-0.1, -0.05) is 5.16 Å². The van der Waals surface area contributed by atoms with Gasteiger partial charge in [0, 0.05) is 12.1 Å². The van der Waals surface area contributed by atoms with E-state index in [1.807, 2.05) is 6.92 Å². The van der Waals surface area contributed by atoms with Crippen LogP contribution in [0.15, 0.2) is 28.8 Å². The maximum absolute atomic E-state index is 13.7. The summed E-state index contributed by atoms with van der Waals surface area (Å²) in [5.74, 6) is -1.49. The van der Waals surface area contributed by atoms with Gasteiger partial charge in [0.05, 0.1) is 22.8 Å². The minimum Gasteiger partial charge on any atom is -0.356 e. The maximum Gasteiger partial charge on any atom is 0.263 e. The van der Waals surface area contributed by atoms with Crippen LogP contribution in [0.5, 0.6) is 0 Å². The van der Waals surface area contributed by atoms with Gasteiger partial charge < -0.3 is 9.84 Å². The topological polar surface area (TPSA) is 68.0 Å². The molecule has 0 atom stereocenters. The predicted molar refractivity (Wildman–Crippen MR) is 84.6 cm³/mol. The minimum atomic E-state index is -0.738. The summed E-state index contributed by atoms with van der Waals surface area (Å²) in [6.45, 7) is 3.72. The molecule has 0 bridgehead atoms. The van der Waals surface area contributed by atoms with Gasteiger partial charge in [0.1, 0.15) is 22.2 Å². The molecular formula is C16H13F2N3O2S. The molecule has 0 saturated carbocycles. The second-order valence-corrected chi connectivity index (χ2v) is 6.34. The number of amides is 1. The first kappa shape index (κ1) is 16.3. The molecule has 0 radical (unpaired) electrons. The average molecular weight is 349 g/mol. The Hall–Kier alpha value is -2.61. The lowest BCUT2D eigenvalue weighted by atomic mass is 10.1. The molecule has 0 saturated heterocycles. The first-order chi connectivity index (χ1) is 11.4. The lowest BCUT2D eigenvalue weighted by Crippen LogP contribution is -2.22. The van der Waals surface area contributed by atoms with Crippen molar-refractivity contribution in [1.82, 2.24) is 15.5 Å². The molecular weight excluding hydrogens is 336 g/mol. The largest absolute Gasteiger partial charge is 0.356 e. The number of benzene rings is 1. The molecule has 5 nitrogen and oxygen atoms in total. The number of thiazole rings is 1. The second-order valence-electron chi connectivity index (χ2n) is 5.14. The molecule has 0 aliphatic heterocycles. The monoisotopic (exact) mass is 349 g/mol. The Balaban J connectivity index is 1.70. The smallest absolute Gasteiger partial charge is 0.263 e. The van der Waals surface area contributed by atoms with Crippen molar-refractivity contribution in [3.05, 3.63) is 57.2 Å². The molecule has 3 rings (SSSR count). The Kier molecular flexibility index (Phi) is 4.39. The van der Waals surface area contributed by atoms with Gasteiger partial charge in [-0.25, -0.2) is 13.8 Å². The fraction of sp³-hybridized carbons (Fsp3) is 0.188. The number of hydrogen-bond donors (Lipinski definition) is 1. The number of halogens is 2. The molecule has 2 aromatic heterocycles. The highest BCUT2D eigenvalue weighted by Gasteiger charge is 2.16. The van der Waals surface area contributed by atoms with Gasteiger partial charge in [-0.05, 0) is 26.0 Å². The highest BCUT2D eigenvalue weighted by molar-refractivity contribution is 7.13. The molecule has 0 aliphatic carbocycles. The van der Waals surface area contributed by atoms with E-state index in [4.69, 9.17) is 4.52 Å². The van der Waals surface area contributed by atoms with Gasteiger partial charge in [-0.15, -0.1) is 11.3 Å². The van der Waals surface area contributed by atoms with Gasteiger partial charge >= 0.3 is 0 Å². The normalized spacial score (nSPS) is 10.8. The molecule has 0 spiro atoms. The molecule has 3 aromatic rings. The van der Waals surface area contributed by atoms with Crippen LogP contribution >= 0.6 is 11.3 Å². The highest BCUT2D eigenvalue weighted by Crippen LogP contribution is 2.24. The molecule has 24 heavy (non-hydrogen) atoms. The van der Waals surface area contributed by atoms with E-state index in [0.717, 1.165) is 17.1 Å². The zero-order valence-corrected chi connectivity index (χ0v) is 13.7. The zero-order valence-electron chi connectivity index (χ0n) is 12.9. The fourth-order valence-electron chi connectivity index (χ4n) is 2.20. The molecule has 1 aromatic carbocycles. The summed E-state index contributed by atoms with van der Waals surface area (Å²) in [6.07, 6.45) is 0. The summed E-state index contributed by atoms with van der Waals surface area (Å²) in [5, 5.41) is 7.31. The number of hydrogen-bond acceptors (Lipinski definition) is 5. The zero-order chi connectivity index (χ0) is 17.3. The quantitative estimate of drug-likeness (QED) is 0.781. The van der Waals surface area contributed by atoms with E-state index in [0.29, 0.717) is 16.3 Å². The summed E-state index contributed by atoms with van der Waals surface area (Å²) < 4.78 is 31.7. The van der Waals surface area contributed by atoms with Crippen LogP contribution < -0.4 is 5.32 Å². The van der Waals surface area contributed by atoms with Crippen molar-refractivity contribution in [2.45, 2.75) is 20.4 Å². The Morgan fingerprint density at radius 2 is 2.08 bits per heavy atom. The Labute approximate surface area is 140 Å². The molecule has 0 unspecified atom stereocenters. The minimum absolute atomic E-state index is 0.107. The Bertz CT molecular complexity index is 905. The van der Waals surface area contributed by atoms with Gasteiger partial charge in [0.25, 0.3) is 5.91 Å². The van der Waals surface area contributed by atoms with Crippen LogP contribution in [-0.4, -0.2) is 16.0 Å². The van der Waals surface area contributed by atoms with Crippen LogP contribution in [0.4, 0.5) is 8.78 Å². The highest BCUT2D eigenvalue weighted by atomic mass is 32.1. The van der Waals surface area contributed by atoms with Crippen molar-refractivity contribution in [1.29, 1.82) is 0 Å². The number of nitrogens with one attached hydrogen (secondary N) is 1. The number of nitrogens with zero attached hydrogens (tertiary/aromatic N) is 2. The van der Waals surface area contributed by atoms with E-state index in [1.165, 1.54) is 23.5 Å². The van der Waals surface area contributed by atoms with Gasteiger partial charge in [0.2, 0.25) is 0 Å². The van der Waals surface area contributed by atoms with E-state index in [2.05, 4.69) is 15.5 Å². The number of carbonyl (C=O) groups excluding carboxylic acids is 1. The van der Waals surface area contributed by atoms with Gasteiger partial charge in [-0.3, -0.25) is 4.79 Å². The lowest BCUT2D eigenvalue weighted by Gasteiger charge is -2.00. The van der Waals surface area contributed by atoms with Crippen LogP contribution in [0.25, 0.3) is 11.3 Å². The van der Waals surface area contributed by atoms with Crippen molar-refractivity contribution in [3.8, 4) is 11.3 Å². The van der Waals surface area contributed by atoms with E-state index < -0.39 is 11.6 Å². The van der Waals surface area contributed by atoms with Crippen LogP contribution in [0.3, 0.4) is 0 Å². The molecule has 0 fully saturated rings. The lowest BCUT2D eigenvalue weighted by molar-refractivity contribution is 0.0953. The average Bonchev–Trinajstić information content (AvgIpc) is 3.11.